The van der Waals surface area contributed by atoms with Crippen LogP contribution in [0.3, 0.4) is 0 Å². The Balaban J connectivity index is 1.54. The fourth-order valence-electron chi connectivity index (χ4n) is 9.74. The number of phenols is 1. The Labute approximate surface area is 294 Å². The number of unbranched alkanes of at least 4 members (excludes halogenated alkanes) is 1. The number of nitrogens with two attached hydrogens (primary N) is 1. The zero-order chi connectivity index (χ0) is 36.8. The summed E-state index contributed by atoms with van der Waals surface area (Å²) in [5.74, 6) is -6.68. The Morgan fingerprint density at radius 1 is 1.08 bits per heavy atom. The summed E-state index contributed by atoms with van der Waals surface area (Å²) in [6, 6.07) is 9.04. The number of carbonyl (C=O) groups is 3. The molecule has 1 amide bonds. The first-order chi connectivity index (χ1) is 23.6. The number of primary amides is 1. The van der Waals surface area contributed by atoms with Crippen molar-refractivity contribution >= 4 is 17.5 Å². The number of aromatic hydroxyl groups is 1. The zero-order valence-electron chi connectivity index (χ0n) is 30.1. The van der Waals surface area contributed by atoms with Gasteiger partial charge in [0.1, 0.15) is 23.5 Å². The molecule has 2 aromatic rings. The highest BCUT2D eigenvalue weighted by atomic mass is 16.5. The van der Waals surface area contributed by atoms with Gasteiger partial charge in [0.05, 0.1) is 24.7 Å². The van der Waals surface area contributed by atoms with Gasteiger partial charge in [-0.1, -0.05) is 53.2 Å². The molecule has 50 heavy (non-hydrogen) atoms. The van der Waals surface area contributed by atoms with E-state index in [0.717, 1.165) is 43.5 Å². The van der Waals surface area contributed by atoms with Crippen molar-refractivity contribution < 1.29 is 44.3 Å². The lowest BCUT2D eigenvalue weighted by atomic mass is 9.39. The summed E-state index contributed by atoms with van der Waals surface area (Å²) < 4.78 is 11.4. The first-order valence-electron chi connectivity index (χ1n) is 17.9. The second kappa shape index (κ2) is 14.3. The molecule has 2 fully saturated rings. The Morgan fingerprint density at radius 3 is 2.42 bits per heavy atom. The van der Waals surface area contributed by atoms with Gasteiger partial charge in [-0.3, -0.25) is 14.4 Å². The van der Waals surface area contributed by atoms with E-state index in [2.05, 4.69) is 12.2 Å². The van der Waals surface area contributed by atoms with Crippen molar-refractivity contribution in [1.29, 1.82) is 0 Å². The number of benzene rings is 2. The maximum absolute atomic E-state index is 14.6. The molecule has 0 radical (unpaired) electrons. The number of Topliss-reactive ketones (excluding diaryl/α,β-unsaturated/α-hetero) is 2. The topological polar surface area (TPSA) is 189 Å². The van der Waals surface area contributed by atoms with Crippen molar-refractivity contribution in [2.45, 2.75) is 91.1 Å². The van der Waals surface area contributed by atoms with Crippen LogP contribution in [-0.4, -0.2) is 82.6 Å². The third-order valence-corrected chi connectivity index (χ3v) is 11.8. The van der Waals surface area contributed by atoms with Gasteiger partial charge in [0, 0.05) is 30.7 Å². The lowest BCUT2D eigenvalue weighted by Gasteiger charge is -2.66. The standard InChI is InChI=1S/C39H54N2O9/c1-7-8-15-50-16-9-14-41-19-22-10-13-27(49-6)24(17-22)23-11-12-26(42)28-25(23)18-37(4)20-38(5)30(21(2)3)33(44)29(36(40)47)34(45)39(38,48)35(46)31(37)32(28)43/h10-13,17,21,29-31,33,35,41-42,44,46,48H,7-9,14-16,18-20H2,1-6H3,(H2,40,47)/t29-,30+,31-,33?,35?,37-,38-,39+/m1/s1. The van der Waals surface area contributed by atoms with Crippen molar-refractivity contribution in [1.82, 2.24) is 5.32 Å². The molecule has 0 aliphatic heterocycles. The third kappa shape index (κ3) is 6.04. The van der Waals surface area contributed by atoms with E-state index in [1.807, 2.05) is 39.0 Å². The summed E-state index contributed by atoms with van der Waals surface area (Å²) in [7, 11) is 1.57. The van der Waals surface area contributed by atoms with E-state index < -0.39 is 63.9 Å². The van der Waals surface area contributed by atoms with Crippen molar-refractivity contribution in [3.63, 3.8) is 0 Å². The number of ether oxygens (including phenoxy) is 2. The highest BCUT2D eigenvalue weighted by molar-refractivity contribution is 6.09. The highest BCUT2D eigenvalue weighted by Gasteiger charge is 2.76. The Morgan fingerprint density at radius 2 is 1.78 bits per heavy atom. The second-order valence-corrected chi connectivity index (χ2v) is 15.5. The van der Waals surface area contributed by atoms with Crippen LogP contribution < -0.4 is 15.8 Å². The molecule has 7 N–H and O–H groups in total. The Bertz CT molecular complexity index is 1630. The summed E-state index contributed by atoms with van der Waals surface area (Å²) in [6.45, 7) is 12.1. The summed E-state index contributed by atoms with van der Waals surface area (Å²) in [5, 5.41) is 50.5. The van der Waals surface area contributed by atoms with Gasteiger partial charge >= 0.3 is 0 Å². The summed E-state index contributed by atoms with van der Waals surface area (Å²) in [4.78, 5) is 41.0. The lowest BCUT2D eigenvalue weighted by molar-refractivity contribution is -0.265. The minimum atomic E-state index is -2.56. The van der Waals surface area contributed by atoms with Crippen molar-refractivity contribution in [2.75, 3.05) is 26.9 Å². The molecule has 3 aliphatic carbocycles. The highest BCUT2D eigenvalue weighted by Crippen LogP contribution is 2.66. The fraction of sp³-hybridized carbons (Fsp3) is 0.615. The van der Waals surface area contributed by atoms with Gasteiger partial charge in [0.2, 0.25) is 5.91 Å². The Hall–Kier alpha value is -3.35. The predicted octanol–water partition coefficient (Wildman–Crippen LogP) is 3.54. The average molecular weight is 695 g/mol. The van der Waals surface area contributed by atoms with Crippen LogP contribution in [0.2, 0.25) is 0 Å². The fourth-order valence-corrected chi connectivity index (χ4v) is 9.74. The molecule has 0 aromatic heterocycles. The van der Waals surface area contributed by atoms with Crippen LogP contribution in [0.4, 0.5) is 0 Å². The number of rotatable bonds is 13. The van der Waals surface area contributed by atoms with E-state index >= 15 is 0 Å². The Kier molecular flexibility index (Phi) is 10.9. The van der Waals surface area contributed by atoms with Gasteiger partial charge in [-0.05, 0) is 84.4 Å². The van der Waals surface area contributed by atoms with Crippen molar-refractivity contribution in [3.8, 4) is 22.6 Å². The second-order valence-electron chi connectivity index (χ2n) is 15.5. The molecule has 0 spiro atoms. The van der Waals surface area contributed by atoms with Crippen LogP contribution in [0.25, 0.3) is 11.1 Å². The number of carbonyl (C=O) groups excluding carboxylic acids is 3. The minimum Gasteiger partial charge on any atom is -0.507 e. The number of aliphatic hydroxyl groups excluding tert-OH is 2. The number of nitrogens with one attached hydrogen (secondary N) is 1. The maximum atomic E-state index is 14.6. The van der Waals surface area contributed by atoms with E-state index in [4.69, 9.17) is 15.2 Å². The van der Waals surface area contributed by atoms with Crippen LogP contribution in [-0.2, 0) is 27.3 Å². The minimum absolute atomic E-state index is 0.0139. The molecule has 274 valence electrons. The van der Waals surface area contributed by atoms with Crippen LogP contribution >= 0.6 is 0 Å². The summed E-state index contributed by atoms with van der Waals surface area (Å²) in [5.41, 5.74) is 3.55. The number of methoxy groups -OCH3 is 1. The van der Waals surface area contributed by atoms with E-state index in [1.165, 1.54) is 6.07 Å². The SMILES string of the molecule is CCCCOCCCNCc1ccc(OC)c(-c2ccc(O)c3c2C[C@]2(C)C[C@]4(C)[C@@H](C(C)C)C(O)[C@@H](C(N)=O)C(=O)[C@]4(O)C(O)[C@H]2C3=O)c1. The molecule has 8 atom stereocenters. The summed E-state index contributed by atoms with van der Waals surface area (Å²) in [6.07, 6.45) is -0.110. The number of aliphatic hydroxyl groups is 3. The molecular formula is C39H54N2O9. The van der Waals surface area contributed by atoms with Gasteiger partial charge < -0.3 is 41.0 Å². The monoisotopic (exact) mass is 694 g/mol. The van der Waals surface area contributed by atoms with Crippen molar-refractivity contribution in [2.24, 2.45) is 40.2 Å². The molecule has 2 unspecified atom stereocenters. The molecule has 0 heterocycles. The first-order valence-corrected chi connectivity index (χ1v) is 17.9. The van der Waals surface area contributed by atoms with E-state index in [0.29, 0.717) is 30.0 Å². The number of amides is 1. The van der Waals surface area contributed by atoms with Gasteiger partial charge in [0.15, 0.2) is 17.2 Å². The molecule has 11 nitrogen and oxygen atoms in total. The van der Waals surface area contributed by atoms with Gasteiger partial charge in [-0.25, -0.2) is 0 Å². The van der Waals surface area contributed by atoms with Gasteiger partial charge in [-0.2, -0.15) is 0 Å². The predicted molar refractivity (Wildman–Crippen MR) is 187 cm³/mol. The van der Waals surface area contributed by atoms with Crippen LogP contribution in [0.15, 0.2) is 30.3 Å². The zero-order valence-corrected chi connectivity index (χ0v) is 30.1. The van der Waals surface area contributed by atoms with Crippen LogP contribution in [0.5, 0.6) is 11.5 Å². The number of hydrogen-bond acceptors (Lipinski definition) is 10. The molecule has 3 aliphatic rings. The van der Waals surface area contributed by atoms with Crippen molar-refractivity contribution in [3.05, 3.63) is 47.0 Å². The van der Waals surface area contributed by atoms with Crippen LogP contribution in [0.1, 0.15) is 81.8 Å². The van der Waals surface area contributed by atoms with Gasteiger partial charge in [-0.15, -0.1) is 0 Å². The molecule has 0 saturated heterocycles. The van der Waals surface area contributed by atoms with Gasteiger partial charge in [0.25, 0.3) is 0 Å². The largest absolute Gasteiger partial charge is 0.507 e. The molecule has 11 heteroatoms. The van der Waals surface area contributed by atoms with E-state index in [9.17, 15) is 34.8 Å². The quantitative estimate of drug-likeness (QED) is 0.134. The lowest BCUT2D eigenvalue weighted by Crippen LogP contribution is -2.79. The average Bonchev–Trinajstić information content (AvgIpc) is 3.03. The number of fused-ring (bicyclic) bond motifs is 3. The summed E-state index contributed by atoms with van der Waals surface area (Å²) >= 11 is 0. The van der Waals surface area contributed by atoms with Crippen LogP contribution in [0, 0.1) is 34.5 Å². The molecule has 2 saturated carbocycles. The molecule has 2 aromatic carbocycles. The molecule has 0 bridgehead atoms. The maximum Gasteiger partial charge on any atom is 0.230 e. The van der Waals surface area contributed by atoms with E-state index in [-0.39, 0.29) is 30.1 Å². The number of ketones is 2. The number of hydrogen-bond donors (Lipinski definition) is 6. The first kappa shape index (κ1) is 37.9. The van der Waals surface area contributed by atoms with E-state index in [1.54, 1.807) is 20.1 Å². The third-order valence-electron chi connectivity index (χ3n) is 11.8. The molecule has 5 rings (SSSR count). The smallest absolute Gasteiger partial charge is 0.230 e. The normalized spacial score (nSPS) is 32.0. The molecular weight excluding hydrogens is 640 g/mol. The number of phenolic OH excluding ortho intramolecular Hbond substituents is 1.